The minimum absolute atomic E-state index is 0.0340. The maximum absolute atomic E-state index is 13.8. The number of aryl methyl sites for hydroxylation is 1. The number of rotatable bonds is 6. The van der Waals surface area contributed by atoms with E-state index < -0.39 is 11.6 Å². The molecule has 1 aromatic heterocycles. The first kappa shape index (κ1) is 14.5. The van der Waals surface area contributed by atoms with Crippen molar-refractivity contribution in [3.05, 3.63) is 40.9 Å². The van der Waals surface area contributed by atoms with Crippen molar-refractivity contribution in [2.45, 2.75) is 31.7 Å². The normalized spacial score (nSPS) is 14.6. The molecule has 0 bridgehead atoms. The molecule has 1 saturated carbocycles. The van der Waals surface area contributed by atoms with Gasteiger partial charge in [0, 0.05) is 12.5 Å². The Kier molecular flexibility index (Phi) is 4.22. The highest BCUT2D eigenvalue weighted by atomic mass is 35.5. The summed E-state index contributed by atoms with van der Waals surface area (Å²) in [5.74, 6) is -0.565. The van der Waals surface area contributed by atoms with E-state index in [-0.39, 0.29) is 16.3 Å². The Balaban J connectivity index is 1.64. The first-order chi connectivity index (χ1) is 10.1. The third kappa shape index (κ3) is 3.60. The lowest BCUT2D eigenvalue weighted by atomic mass is 10.1. The first-order valence-electron chi connectivity index (χ1n) is 6.96. The van der Waals surface area contributed by atoms with Crippen molar-refractivity contribution in [3.63, 3.8) is 0 Å². The summed E-state index contributed by atoms with van der Waals surface area (Å²) in [5, 5.41) is 3.15. The second-order valence-electron chi connectivity index (χ2n) is 5.20. The van der Waals surface area contributed by atoms with Crippen molar-refractivity contribution >= 4 is 11.6 Å². The Morgan fingerprint density at radius 1 is 1.29 bits per heavy atom. The third-order valence-corrected chi connectivity index (χ3v) is 3.70. The molecule has 0 aliphatic heterocycles. The van der Waals surface area contributed by atoms with E-state index >= 15 is 0 Å². The average Bonchev–Trinajstić information content (AvgIpc) is 3.16. The zero-order valence-electron chi connectivity index (χ0n) is 11.3. The lowest BCUT2D eigenvalue weighted by Crippen LogP contribution is -2.17. The molecule has 0 spiro atoms. The summed E-state index contributed by atoms with van der Waals surface area (Å²) in [6.07, 6.45) is 5.48. The number of hydrogen-bond donors (Lipinski definition) is 1. The molecule has 1 aliphatic carbocycles. The van der Waals surface area contributed by atoms with Gasteiger partial charge >= 0.3 is 0 Å². The van der Waals surface area contributed by atoms with E-state index in [0.29, 0.717) is 18.4 Å². The Bertz CT molecular complexity index is 641. The molecule has 0 amide bonds. The van der Waals surface area contributed by atoms with Gasteiger partial charge in [0.05, 0.1) is 16.8 Å². The molecule has 1 aliphatic rings. The molecule has 3 rings (SSSR count). The summed E-state index contributed by atoms with van der Waals surface area (Å²) >= 11 is 5.53. The summed E-state index contributed by atoms with van der Waals surface area (Å²) in [5.41, 5.74) is 0.0340. The van der Waals surface area contributed by atoms with Crippen molar-refractivity contribution in [2.24, 2.45) is 0 Å². The predicted octanol–water partition coefficient (Wildman–Crippen LogP) is 3.96. The lowest BCUT2D eigenvalue weighted by Gasteiger charge is -2.02. The van der Waals surface area contributed by atoms with E-state index in [0.717, 1.165) is 25.1 Å². The highest BCUT2D eigenvalue weighted by Gasteiger charge is 2.19. The minimum atomic E-state index is -0.681. The van der Waals surface area contributed by atoms with Crippen LogP contribution in [-0.4, -0.2) is 17.6 Å². The van der Waals surface area contributed by atoms with Crippen molar-refractivity contribution in [1.82, 2.24) is 10.3 Å². The van der Waals surface area contributed by atoms with Crippen LogP contribution in [0.15, 0.2) is 22.7 Å². The topological polar surface area (TPSA) is 38.1 Å². The van der Waals surface area contributed by atoms with Crippen LogP contribution in [0.25, 0.3) is 11.3 Å². The summed E-state index contributed by atoms with van der Waals surface area (Å²) < 4.78 is 32.7. The zero-order valence-corrected chi connectivity index (χ0v) is 12.1. The molecular formula is C15H15ClF2N2O. The van der Waals surface area contributed by atoms with Crippen LogP contribution in [0.5, 0.6) is 0 Å². The number of benzene rings is 1. The molecular weight excluding hydrogens is 298 g/mol. The van der Waals surface area contributed by atoms with Crippen molar-refractivity contribution in [2.75, 3.05) is 6.54 Å². The van der Waals surface area contributed by atoms with Crippen LogP contribution in [0.3, 0.4) is 0 Å². The molecule has 3 nitrogen and oxygen atoms in total. The van der Waals surface area contributed by atoms with Gasteiger partial charge in [0.25, 0.3) is 0 Å². The number of nitrogens with one attached hydrogen (secondary N) is 1. The number of aromatic nitrogens is 1. The van der Waals surface area contributed by atoms with Crippen LogP contribution in [0.4, 0.5) is 8.78 Å². The van der Waals surface area contributed by atoms with Crippen LogP contribution < -0.4 is 5.32 Å². The molecule has 0 saturated heterocycles. The maximum atomic E-state index is 13.8. The molecule has 1 N–H and O–H groups in total. The number of oxazole rings is 1. The van der Waals surface area contributed by atoms with E-state index in [1.165, 1.54) is 19.0 Å². The fourth-order valence-electron chi connectivity index (χ4n) is 2.10. The highest BCUT2D eigenvalue weighted by Crippen LogP contribution is 2.28. The smallest absolute Gasteiger partial charge is 0.194 e. The molecule has 21 heavy (non-hydrogen) atoms. The Labute approximate surface area is 126 Å². The van der Waals surface area contributed by atoms with E-state index in [4.69, 9.17) is 16.0 Å². The van der Waals surface area contributed by atoms with Gasteiger partial charge in [0.2, 0.25) is 0 Å². The largest absolute Gasteiger partial charge is 0.441 e. The fraction of sp³-hybridized carbons (Fsp3) is 0.400. The predicted molar refractivity (Wildman–Crippen MR) is 76.2 cm³/mol. The van der Waals surface area contributed by atoms with Gasteiger partial charge < -0.3 is 9.73 Å². The lowest BCUT2D eigenvalue weighted by molar-refractivity contribution is 0.487. The van der Waals surface area contributed by atoms with Gasteiger partial charge in [-0.3, -0.25) is 0 Å². The first-order valence-corrected chi connectivity index (χ1v) is 7.34. The molecule has 0 atom stereocenters. The van der Waals surface area contributed by atoms with Gasteiger partial charge in [-0.15, -0.1) is 0 Å². The van der Waals surface area contributed by atoms with Crippen molar-refractivity contribution in [3.8, 4) is 11.3 Å². The van der Waals surface area contributed by atoms with Crippen LogP contribution in [-0.2, 0) is 6.42 Å². The SMILES string of the molecule is Fc1cc(-c2cnc(CCCNC3CC3)o2)c(F)cc1Cl. The number of hydrogen-bond acceptors (Lipinski definition) is 3. The molecule has 0 radical (unpaired) electrons. The van der Waals surface area contributed by atoms with Gasteiger partial charge in [-0.05, 0) is 37.9 Å². The second kappa shape index (κ2) is 6.12. The summed E-state index contributed by atoms with van der Waals surface area (Å²) in [7, 11) is 0. The number of halogens is 3. The van der Waals surface area contributed by atoms with Crippen LogP contribution >= 0.6 is 11.6 Å². The minimum Gasteiger partial charge on any atom is -0.441 e. The van der Waals surface area contributed by atoms with Crippen LogP contribution in [0.1, 0.15) is 25.2 Å². The standard InChI is InChI=1S/C15H15ClF2N2O/c16-11-7-12(17)10(6-13(11)18)14-8-20-15(21-14)2-1-5-19-9-3-4-9/h6-9,19H,1-5H2. The van der Waals surface area contributed by atoms with E-state index in [1.807, 2.05) is 0 Å². The fourth-order valence-corrected chi connectivity index (χ4v) is 2.25. The molecule has 1 heterocycles. The summed E-state index contributed by atoms with van der Waals surface area (Å²) in [6, 6.07) is 2.64. The van der Waals surface area contributed by atoms with Gasteiger partial charge in [-0.2, -0.15) is 0 Å². The van der Waals surface area contributed by atoms with Gasteiger partial charge in [0.1, 0.15) is 11.6 Å². The third-order valence-electron chi connectivity index (χ3n) is 3.41. The van der Waals surface area contributed by atoms with Crippen LogP contribution in [0.2, 0.25) is 5.02 Å². The summed E-state index contributed by atoms with van der Waals surface area (Å²) in [4.78, 5) is 4.10. The molecule has 1 fully saturated rings. The number of nitrogens with zero attached hydrogens (tertiary/aromatic N) is 1. The molecule has 112 valence electrons. The Morgan fingerprint density at radius 2 is 2.10 bits per heavy atom. The zero-order chi connectivity index (χ0) is 14.8. The maximum Gasteiger partial charge on any atom is 0.194 e. The van der Waals surface area contributed by atoms with Crippen molar-refractivity contribution in [1.29, 1.82) is 0 Å². The van der Waals surface area contributed by atoms with Crippen molar-refractivity contribution < 1.29 is 13.2 Å². The highest BCUT2D eigenvalue weighted by molar-refractivity contribution is 6.30. The molecule has 1 aromatic carbocycles. The Hall–Kier alpha value is -1.46. The molecule has 2 aromatic rings. The monoisotopic (exact) mass is 312 g/mol. The van der Waals surface area contributed by atoms with E-state index in [9.17, 15) is 8.78 Å². The van der Waals surface area contributed by atoms with E-state index in [1.54, 1.807) is 0 Å². The van der Waals surface area contributed by atoms with E-state index in [2.05, 4.69) is 10.3 Å². The Morgan fingerprint density at radius 3 is 2.86 bits per heavy atom. The van der Waals surface area contributed by atoms with Gasteiger partial charge in [-0.1, -0.05) is 11.6 Å². The second-order valence-corrected chi connectivity index (χ2v) is 5.60. The summed E-state index contributed by atoms with van der Waals surface area (Å²) in [6.45, 7) is 0.909. The quantitative estimate of drug-likeness (QED) is 0.648. The van der Waals surface area contributed by atoms with Gasteiger partial charge in [-0.25, -0.2) is 13.8 Å². The average molecular weight is 313 g/mol. The molecule has 6 heteroatoms. The molecule has 0 unspecified atom stereocenters. The van der Waals surface area contributed by atoms with Crippen LogP contribution in [0, 0.1) is 11.6 Å². The van der Waals surface area contributed by atoms with Gasteiger partial charge in [0.15, 0.2) is 11.7 Å².